The van der Waals surface area contributed by atoms with E-state index in [1.54, 1.807) is 12.1 Å². The summed E-state index contributed by atoms with van der Waals surface area (Å²) in [7, 11) is 0. The SMILES string of the molecule is CC[N+](CC)(CC)CC(=O)c1cccc(N)c1.[Cl-]. The third-order valence-electron chi connectivity index (χ3n) is 3.70. The maximum Gasteiger partial charge on any atom is 0.217 e. The normalized spacial score (nSPS) is 10.8. The van der Waals surface area contributed by atoms with Crippen LogP contribution in [0.3, 0.4) is 0 Å². The molecule has 1 aromatic carbocycles. The molecule has 18 heavy (non-hydrogen) atoms. The summed E-state index contributed by atoms with van der Waals surface area (Å²) in [6.45, 7) is 9.94. The Bertz CT molecular complexity index is 381. The molecule has 0 radical (unpaired) electrons. The molecule has 0 atom stereocenters. The Morgan fingerprint density at radius 2 is 1.72 bits per heavy atom. The lowest BCUT2D eigenvalue weighted by Gasteiger charge is -2.35. The van der Waals surface area contributed by atoms with Gasteiger partial charge in [-0.3, -0.25) is 4.79 Å². The molecule has 102 valence electrons. The van der Waals surface area contributed by atoms with Crippen molar-refractivity contribution in [3.8, 4) is 0 Å². The van der Waals surface area contributed by atoms with Crippen molar-refractivity contribution in [2.45, 2.75) is 20.8 Å². The van der Waals surface area contributed by atoms with Crippen molar-refractivity contribution in [3.05, 3.63) is 29.8 Å². The standard InChI is InChI=1S/C14H23N2O.ClH/c1-4-16(5-2,6-3)11-14(17)12-8-7-9-13(15)10-12;/h7-10H,4-6,11,15H2,1-3H3;1H/q+1;/p-1. The van der Waals surface area contributed by atoms with E-state index >= 15 is 0 Å². The Morgan fingerprint density at radius 1 is 1.17 bits per heavy atom. The van der Waals surface area contributed by atoms with Crippen molar-refractivity contribution in [1.82, 2.24) is 0 Å². The summed E-state index contributed by atoms with van der Waals surface area (Å²) in [5, 5.41) is 0. The second kappa shape index (κ2) is 7.39. The van der Waals surface area contributed by atoms with Crippen LogP contribution in [0.5, 0.6) is 0 Å². The quantitative estimate of drug-likeness (QED) is 0.423. The molecule has 1 aromatic rings. The van der Waals surface area contributed by atoms with Gasteiger partial charge < -0.3 is 22.6 Å². The predicted octanol–water partition coefficient (Wildman–Crippen LogP) is -0.668. The van der Waals surface area contributed by atoms with E-state index in [4.69, 9.17) is 5.73 Å². The number of hydrogen-bond donors (Lipinski definition) is 1. The molecule has 0 spiro atoms. The maximum absolute atomic E-state index is 12.2. The lowest BCUT2D eigenvalue weighted by Crippen LogP contribution is -3.00. The number of Topliss-reactive ketones (excluding diaryl/α,β-unsaturated/α-hetero) is 1. The van der Waals surface area contributed by atoms with Crippen LogP contribution in [0.1, 0.15) is 31.1 Å². The fourth-order valence-electron chi connectivity index (χ4n) is 2.11. The number of anilines is 1. The fraction of sp³-hybridized carbons (Fsp3) is 0.500. The molecular formula is C14H23ClN2O. The summed E-state index contributed by atoms with van der Waals surface area (Å²) in [6.07, 6.45) is 0. The molecule has 0 aromatic heterocycles. The van der Waals surface area contributed by atoms with Gasteiger partial charge in [0.15, 0.2) is 0 Å². The first-order valence-electron chi connectivity index (χ1n) is 6.30. The number of rotatable bonds is 6. The number of likely N-dealkylation sites (N-methyl/N-ethyl adjacent to an activating group) is 1. The van der Waals surface area contributed by atoms with Gasteiger partial charge in [0.25, 0.3) is 0 Å². The Hall–Kier alpha value is -1.06. The molecule has 0 amide bonds. The van der Waals surface area contributed by atoms with Gasteiger partial charge in [0, 0.05) is 11.3 Å². The fourth-order valence-corrected chi connectivity index (χ4v) is 2.11. The van der Waals surface area contributed by atoms with Crippen molar-refractivity contribution < 1.29 is 21.7 Å². The Balaban J connectivity index is 0.00000289. The highest BCUT2D eigenvalue weighted by atomic mass is 35.5. The van der Waals surface area contributed by atoms with Gasteiger partial charge in [-0.15, -0.1) is 0 Å². The summed E-state index contributed by atoms with van der Waals surface area (Å²) >= 11 is 0. The summed E-state index contributed by atoms with van der Waals surface area (Å²) < 4.78 is 0.841. The molecule has 3 nitrogen and oxygen atoms in total. The van der Waals surface area contributed by atoms with Crippen LogP contribution in [0.15, 0.2) is 24.3 Å². The Morgan fingerprint density at radius 3 is 2.17 bits per heavy atom. The number of hydrogen-bond acceptors (Lipinski definition) is 2. The highest BCUT2D eigenvalue weighted by molar-refractivity contribution is 5.97. The minimum atomic E-state index is 0. The van der Waals surface area contributed by atoms with E-state index in [0.717, 1.165) is 29.7 Å². The molecular weight excluding hydrogens is 248 g/mol. The van der Waals surface area contributed by atoms with Crippen molar-refractivity contribution in [2.75, 3.05) is 31.9 Å². The van der Waals surface area contributed by atoms with Crippen LogP contribution in [0.4, 0.5) is 5.69 Å². The van der Waals surface area contributed by atoms with Crippen LogP contribution >= 0.6 is 0 Å². The van der Waals surface area contributed by atoms with Crippen LogP contribution in [0, 0.1) is 0 Å². The van der Waals surface area contributed by atoms with Crippen LogP contribution in [0.25, 0.3) is 0 Å². The van der Waals surface area contributed by atoms with E-state index in [-0.39, 0.29) is 18.2 Å². The first-order valence-corrected chi connectivity index (χ1v) is 6.30. The molecule has 0 bridgehead atoms. The molecule has 0 unspecified atom stereocenters. The van der Waals surface area contributed by atoms with Crippen LogP contribution in [-0.2, 0) is 0 Å². The van der Waals surface area contributed by atoms with Crippen molar-refractivity contribution in [3.63, 3.8) is 0 Å². The first-order chi connectivity index (χ1) is 8.06. The molecule has 4 heteroatoms. The van der Waals surface area contributed by atoms with Gasteiger partial charge in [-0.25, -0.2) is 0 Å². The van der Waals surface area contributed by atoms with Gasteiger partial charge in [-0.1, -0.05) is 12.1 Å². The van der Waals surface area contributed by atoms with Crippen LogP contribution < -0.4 is 18.1 Å². The molecule has 0 aliphatic heterocycles. The summed E-state index contributed by atoms with van der Waals surface area (Å²) in [6, 6.07) is 7.24. The van der Waals surface area contributed by atoms with Gasteiger partial charge in [0.1, 0.15) is 6.54 Å². The van der Waals surface area contributed by atoms with Crippen LogP contribution in [0.2, 0.25) is 0 Å². The van der Waals surface area contributed by atoms with Gasteiger partial charge in [-0.2, -0.15) is 0 Å². The summed E-state index contributed by atoms with van der Waals surface area (Å²) in [4.78, 5) is 12.2. The Kier molecular flexibility index (Phi) is 6.96. The van der Waals surface area contributed by atoms with Crippen molar-refractivity contribution in [1.29, 1.82) is 0 Å². The second-order valence-corrected chi connectivity index (χ2v) is 4.50. The average Bonchev–Trinajstić information content (AvgIpc) is 2.36. The predicted molar refractivity (Wildman–Crippen MR) is 71.9 cm³/mol. The number of quaternary nitrogens is 1. The Labute approximate surface area is 116 Å². The van der Waals surface area contributed by atoms with Gasteiger partial charge in [0.05, 0.1) is 19.6 Å². The average molecular weight is 271 g/mol. The van der Waals surface area contributed by atoms with E-state index in [2.05, 4.69) is 20.8 Å². The van der Waals surface area contributed by atoms with E-state index in [1.807, 2.05) is 12.1 Å². The molecule has 0 fully saturated rings. The second-order valence-electron chi connectivity index (χ2n) is 4.50. The number of halogens is 1. The zero-order valence-electron chi connectivity index (χ0n) is 11.4. The number of ketones is 1. The molecule has 0 saturated heterocycles. The molecule has 0 heterocycles. The van der Waals surface area contributed by atoms with E-state index in [0.29, 0.717) is 12.2 Å². The number of nitrogens with two attached hydrogens (primary N) is 1. The number of nitrogens with zero attached hydrogens (tertiary/aromatic N) is 1. The molecule has 0 aliphatic carbocycles. The summed E-state index contributed by atoms with van der Waals surface area (Å²) in [5.74, 6) is 0.183. The minimum absolute atomic E-state index is 0. The van der Waals surface area contributed by atoms with Gasteiger partial charge >= 0.3 is 0 Å². The van der Waals surface area contributed by atoms with Crippen molar-refractivity contribution >= 4 is 11.5 Å². The zero-order valence-corrected chi connectivity index (χ0v) is 12.2. The lowest BCUT2D eigenvalue weighted by molar-refractivity contribution is -0.915. The number of nitrogen functional groups attached to an aromatic ring is 1. The molecule has 0 saturated carbocycles. The third kappa shape index (κ3) is 4.00. The number of carbonyl (C=O) groups is 1. The molecule has 0 aliphatic rings. The van der Waals surface area contributed by atoms with Crippen LogP contribution in [-0.4, -0.2) is 36.4 Å². The largest absolute Gasteiger partial charge is 1.00 e. The minimum Gasteiger partial charge on any atom is -1.00 e. The topological polar surface area (TPSA) is 43.1 Å². The molecule has 1 rings (SSSR count). The smallest absolute Gasteiger partial charge is 0.217 e. The van der Waals surface area contributed by atoms with E-state index in [1.165, 1.54) is 0 Å². The lowest BCUT2D eigenvalue weighted by atomic mass is 10.1. The zero-order chi connectivity index (χ0) is 12.9. The molecule has 2 N–H and O–H groups in total. The highest BCUT2D eigenvalue weighted by Gasteiger charge is 2.25. The maximum atomic E-state index is 12.2. The van der Waals surface area contributed by atoms with Gasteiger partial charge in [-0.05, 0) is 32.9 Å². The van der Waals surface area contributed by atoms with E-state index in [9.17, 15) is 4.79 Å². The summed E-state index contributed by atoms with van der Waals surface area (Å²) in [5.41, 5.74) is 7.08. The number of carbonyl (C=O) groups excluding carboxylic acids is 1. The third-order valence-corrected chi connectivity index (χ3v) is 3.70. The monoisotopic (exact) mass is 270 g/mol. The first kappa shape index (κ1) is 16.9. The van der Waals surface area contributed by atoms with Gasteiger partial charge in [0.2, 0.25) is 5.78 Å². The number of benzene rings is 1. The van der Waals surface area contributed by atoms with Crippen molar-refractivity contribution in [2.24, 2.45) is 0 Å². The highest BCUT2D eigenvalue weighted by Crippen LogP contribution is 2.12. The van der Waals surface area contributed by atoms with E-state index < -0.39 is 0 Å².